The molecular formula is C9H9BrClN3O2. The molecule has 1 N–H and O–H groups in total. The maximum atomic E-state index is 10.6. The van der Waals surface area contributed by atoms with Crippen LogP contribution in [0.15, 0.2) is 16.9 Å². The molecule has 2 aromatic heterocycles. The minimum atomic E-state index is -0.501. The van der Waals surface area contributed by atoms with Crippen LogP contribution in [-0.2, 0) is 0 Å². The third kappa shape index (κ3) is 2.17. The lowest BCUT2D eigenvalue weighted by molar-refractivity contribution is -0.383. The molecule has 7 heteroatoms. The Bertz CT molecular complexity index is 527. The Morgan fingerprint density at radius 1 is 1.56 bits per heavy atom. The van der Waals surface area contributed by atoms with Gasteiger partial charge < -0.3 is 4.98 Å². The number of pyridine rings is 1. The summed E-state index contributed by atoms with van der Waals surface area (Å²) >= 11 is 9.06. The SMILES string of the molecule is CC.O=[N+]([O-])c1c[nH]c2ncc(Br)c(Cl)c12. The lowest BCUT2D eigenvalue weighted by atomic mass is 10.3. The van der Waals surface area contributed by atoms with Gasteiger partial charge in [-0.05, 0) is 15.9 Å². The summed E-state index contributed by atoms with van der Waals surface area (Å²) in [4.78, 5) is 16.8. The number of nitrogens with one attached hydrogen (secondary N) is 1. The van der Waals surface area contributed by atoms with Crippen LogP contribution in [0, 0.1) is 10.1 Å². The smallest absolute Gasteiger partial charge is 0.297 e. The molecule has 0 amide bonds. The second-order valence-electron chi connectivity index (χ2n) is 2.57. The van der Waals surface area contributed by atoms with Crippen molar-refractivity contribution in [1.29, 1.82) is 0 Å². The highest BCUT2D eigenvalue weighted by molar-refractivity contribution is 9.10. The monoisotopic (exact) mass is 305 g/mol. The summed E-state index contributed by atoms with van der Waals surface area (Å²) in [5.41, 5.74) is 0.337. The number of nitro groups is 1. The van der Waals surface area contributed by atoms with Crippen LogP contribution in [0.2, 0.25) is 5.02 Å². The van der Waals surface area contributed by atoms with Gasteiger partial charge in [0.25, 0.3) is 5.69 Å². The highest BCUT2D eigenvalue weighted by atomic mass is 79.9. The Kier molecular flexibility index (Phi) is 4.26. The second kappa shape index (κ2) is 5.27. The number of fused-ring (bicyclic) bond motifs is 1. The van der Waals surface area contributed by atoms with E-state index in [4.69, 9.17) is 11.6 Å². The van der Waals surface area contributed by atoms with Crippen LogP contribution >= 0.6 is 27.5 Å². The van der Waals surface area contributed by atoms with Gasteiger partial charge in [0.05, 0.1) is 20.6 Å². The van der Waals surface area contributed by atoms with E-state index in [-0.39, 0.29) is 5.69 Å². The molecule has 16 heavy (non-hydrogen) atoms. The van der Waals surface area contributed by atoms with Gasteiger partial charge in [0.1, 0.15) is 11.0 Å². The number of rotatable bonds is 1. The van der Waals surface area contributed by atoms with Crippen molar-refractivity contribution in [2.45, 2.75) is 13.8 Å². The minimum absolute atomic E-state index is 0.0706. The molecule has 0 bridgehead atoms. The van der Waals surface area contributed by atoms with E-state index < -0.39 is 4.92 Å². The van der Waals surface area contributed by atoms with Crippen molar-refractivity contribution in [2.75, 3.05) is 0 Å². The largest absolute Gasteiger partial charge is 0.340 e. The van der Waals surface area contributed by atoms with E-state index in [1.807, 2.05) is 13.8 Å². The van der Waals surface area contributed by atoms with Crippen LogP contribution in [0.4, 0.5) is 5.69 Å². The van der Waals surface area contributed by atoms with Crippen LogP contribution in [0.5, 0.6) is 0 Å². The van der Waals surface area contributed by atoms with Gasteiger partial charge in [0.2, 0.25) is 0 Å². The van der Waals surface area contributed by atoms with E-state index >= 15 is 0 Å². The van der Waals surface area contributed by atoms with Crippen molar-refractivity contribution in [3.05, 3.63) is 32.0 Å². The molecule has 0 atom stereocenters. The molecule has 0 unspecified atom stereocenters. The molecule has 0 saturated carbocycles. The zero-order valence-electron chi connectivity index (χ0n) is 8.62. The first kappa shape index (κ1) is 12.9. The zero-order valence-corrected chi connectivity index (χ0v) is 11.0. The molecule has 0 fully saturated rings. The Morgan fingerprint density at radius 2 is 2.19 bits per heavy atom. The molecule has 0 spiro atoms. The van der Waals surface area contributed by atoms with E-state index in [9.17, 15) is 10.1 Å². The lowest BCUT2D eigenvalue weighted by Crippen LogP contribution is -1.86. The van der Waals surface area contributed by atoms with Gasteiger partial charge in [0, 0.05) is 6.20 Å². The van der Waals surface area contributed by atoms with Gasteiger partial charge in [-0.2, -0.15) is 0 Å². The maximum absolute atomic E-state index is 10.6. The van der Waals surface area contributed by atoms with Crippen LogP contribution < -0.4 is 0 Å². The zero-order chi connectivity index (χ0) is 12.3. The number of aromatic nitrogens is 2. The summed E-state index contributed by atoms with van der Waals surface area (Å²) in [6.07, 6.45) is 2.76. The average molecular weight is 307 g/mol. The van der Waals surface area contributed by atoms with Crippen molar-refractivity contribution in [1.82, 2.24) is 9.97 Å². The van der Waals surface area contributed by atoms with Crippen molar-refractivity contribution in [3.8, 4) is 0 Å². The number of halogens is 2. The molecule has 0 aromatic carbocycles. The lowest BCUT2D eigenvalue weighted by Gasteiger charge is -1.95. The summed E-state index contributed by atoms with van der Waals surface area (Å²) in [5, 5.41) is 11.2. The van der Waals surface area contributed by atoms with Crippen molar-refractivity contribution in [2.24, 2.45) is 0 Å². The number of H-pyrrole nitrogens is 1. The van der Waals surface area contributed by atoms with Gasteiger partial charge in [-0.15, -0.1) is 0 Å². The van der Waals surface area contributed by atoms with Crippen molar-refractivity contribution in [3.63, 3.8) is 0 Å². The number of nitrogens with zero attached hydrogens (tertiary/aromatic N) is 2. The second-order valence-corrected chi connectivity index (χ2v) is 3.81. The highest BCUT2D eigenvalue weighted by Crippen LogP contribution is 2.35. The Hall–Kier alpha value is -1.14. The molecule has 86 valence electrons. The van der Waals surface area contributed by atoms with Crippen LogP contribution in [0.1, 0.15) is 13.8 Å². The Balaban J connectivity index is 0.000000606. The quantitative estimate of drug-likeness (QED) is 0.641. The fraction of sp³-hybridized carbons (Fsp3) is 0.222. The van der Waals surface area contributed by atoms with Gasteiger partial charge >= 0.3 is 0 Å². The number of hydrogen-bond acceptors (Lipinski definition) is 3. The van der Waals surface area contributed by atoms with Crippen LogP contribution in [0.3, 0.4) is 0 Å². The third-order valence-electron chi connectivity index (χ3n) is 1.77. The predicted octanol–water partition coefficient (Wildman–Crippen LogP) is 3.91. The van der Waals surface area contributed by atoms with Gasteiger partial charge in [-0.1, -0.05) is 25.4 Å². The first-order valence-corrected chi connectivity index (χ1v) is 5.74. The molecule has 0 aliphatic heterocycles. The Labute approximate surface area is 105 Å². The molecule has 0 aliphatic carbocycles. The highest BCUT2D eigenvalue weighted by Gasteiger charge is 2.19. The normalized spacial score (nSPS) is 9.75. The maximum Gasteiger partial charge on any atom is 0.297 e. The molecule has 2 heterocycles. The van der Waals surface area contributed by atoms with Crippen LogP contribution in [0.25, 0.3) is 11.0 Å². The molecular weight excluding hydrogens is 297 g/mol. The van der Waals surface area contributed by atoms with Gasteiger partial charge in [0.15, 0.2) is 0 Å². The fourth-order valence-electron chi connectivity index (χ4n) is 1.16. The molecule has 2 aromatic rings. The molecule has 2 rings (SSSR count). The molecule has 5 nitrogen and oxygen atoms in total. The van der Waals surface area contributed by atoms with Gasteiger partial charge in [-0.25, -0.2) is 4.98 Å². The first-order valence-electron chi connectivity index (χ1n) is 4.56. The molecule has 0 saturated heterocycles. The number of hydrogen-bond donors (Lipinski definition) is 1. The van der Waals surface area contributed by atoms with Crippen molar-refractivity contribution >= 4 is 44.3 Å². The topological polar surface area (TPSA) is 71.8 Å². The number of aromatic amines is 1. The van der Waals surface area contributed by atoms with E-state index in [1.165, 1.54) is 12.4 Å². The molecule has 0 radical (unpaired) electrons. The average Bonchev–Trinajstić information content (AvgIpc) is 2.71. The summed E-state index contributed by atoms with van der Waals surface area (Å²) in [6, 6.07) is 0. The van der Waals surface area contributed by atoms with Crippen LogP contribution in [-0.4, -0.2) is 14.9 Å². The van der Waals surface area contributed by atoms with E-state index in [0.29, 0.717) is 20.5 Å². The molecule has 0 aliphatic rings. The first-order chi connectivity index (χ1) is 7.61. The van der Waals surface area contributed by atoms with E-state index in [0.717, 1.165) is 0 Å². The summed E-state index contributed by atoms with van der Waals surface area (Å²) in [7, 11) is 0. The summed E-state index contributed by atoms with van der Waals surface area (Å²) in [5.74, 6) is 0. The summed E-state index contributed by atoms with van der Waals surface area (Å²) in [6.45, 7) is 4.00. The summed E-state index contributed by atoms with van der Waals surface area (Å²) < 4.78 is 0.536. The Morgan fingerprint density at radius 3 is 2.75 bits per heavy atom. The third-order valence-corrected chi connectivity index (χ3v) is 2.99. The van der Waals surface area contributed by atoms with E-state index in [2.05, 4.69) is 25.9 Å². The predicted molar refractivity (Wildman–Crippen MR) is 66.8 cm³/mol. The van der Waals surface area contributed by atoms with Gasteiger partial charge in [-0.3, -0.25) is 10.1 Å². The minimum Gasteiger partial charge on any atom is -0.340 e. The van der Waals surface area contributed by atoms with E-state index in [1.54, 1.807) is 0 Å². The standard InChI is InChI=1S/C7H3BrClN3O2.C2H6/c8-3-1-10-7-5(6(3)9)4(2-11-7)12(13)14;1-2/h1-2H,(H,10,11);1-2H3. The van der Waals surface area contributed by atoms with Crippen molar-refractivity contribution < 1.29 is 4.92 Å². The fourth-order valence-corrected chi connectivity index (χ4v) is 1.70.